The minimum atomic E-state index is -4.21. The van der Waals surface area contributed by atoms with Crippen LogP contribution in [0.5, 0.6) is 5.75 Å². The number of sulfonamides is 1. The van der Waals surface area contributed by atoms with Gasteiger partial charge < -0.3 is 4.74 Å². The number of rotatable bonds is 8. The zero-order valence-electron chi connectivity index (χ0n) is 20.3. The lowest BCUT2D eigenvalue weighted by Gasteiger charge is -2.26. The van der Waals surface area contributed by atoms with Crippen molar-refractivity contribution in [3.63, 3.8) is 0 Å². The molecule has 3 rings (SSSR count). The van der Waals surface area contributed by atoms with Gasteiger partial charge in [-0.15, -0.1) is 0 Å². The van der Waals surface area contributed by atoms with Crippen LogP contribution in [0.3, 0.4) is 0 Å². The van der Waals surface area contributed by atoms with Crippen LogP contribution in [-0.2, 0) is 19.6 Å². The quantitative estimate of drug-likeness (QED) is 0.291. The van der Waals surface area contributed by atoms with Gasteiger partial charge in [0.15, 0.2) is 0 Å². The first kappa shape index (κ1) is 25.4. The molecule has 3 aromatic rings. The molecule has 0 N–H and O–H groups in total. The highest BCUT2D eigenvalue weighted by atomic mass is 32.2. The van der Waals surface area contributed by atoms with E-state index in [1.807, 2.05) is 33.8 Å². The van der Waals surface area contributed by atoms with E-state index in [0.29, 0.717) is 34.9 Å². The van der Waals surface area contributed by atoms with E-state index in [2.05, 4.69) is 0 Å². The number of hydrogen-bond donors (Lipinski definition) is 0. The second-order valence-electron chi connectivity index (χ2n) is 8.47. The summed E-state index contributed by atoms with van der Waals surface area (Å²) < 4.78 is 34.3. The van der Waals surface area contributed by atoms with E-state index in [1.165, 1.54) is 0 Å². The summed E-state index contributed by atoms with van der Waals surface area (Å²) in [7, 11) is -4.21. The molecule has 7 heteroatoms. The summed E-state index contributed by atoms with van der Waals surface area (Å²) >= 11 is 0. The van der Waals surface area contributed by atoms with E-state index in [9.17, 15) is 18.0 Å². The highest BCUT2D eigenvalue weighted by Crippen LogP contribution is 2.37. The molecule has 180 valence electrons. The zero-order valence-corrected chi connectivity index (χ0v) is 21.2. The number of amides is 1. The predicted octanol–water partition coefficient (Wildman–Crippen LogP) is 5.99. The van der Waals surface area contributed by atoms with E-state index in [1.54, 1.807) is 49.4 Å². The molecule has 0 fully saturated rings. The third-order valence-corrected chi connectivity index (χ3v) is 7.63. The Hall–Kier alpha value is -3.19. The molecule has 3 aromatic carbocycles. The maximum Gasteiger partial charge on any atom is 0.311 e. The van der Waals surface area contributed by atoms with Gasteiger partial charge >= 0.3 is 5.97 Å². The lowest BCUT2D eigenvalue weighted by molar-refractivity contribution is -0.134. The van der Waals surface area contributed by atoms with Crippen LogP contribution in [0.15, 0.2) is 53.4 Å². The van der Waals surface area contributed by atoms with Gasteiger partial charge in [-0.25, -0.2) is 12.7 Å². The van der Waals surface area contributed by atoms with Crippen LogP contribution in [0.25, 0.3) is 10.8 Å². The van der Waals surface area contributed by atoms with Crippen molar-refractivity contribution in [1.82, 2.24) is 0 Å². The number of anilines is 1. The van der Waals surface area contributed by atoms with Crippen molar-refractivity contribution >= 4 is 38.4 Å². The number of hydrogen-bond acceptors (Lipinski definition) is 5. The molecule has 0 aliphatic rings. The highest BCUT2D eigenvalue weighted by Gasteiger charge is 2.33. The molecule has 1 amide bonds. The molecule has 6 nitrogen and oxygen atoms in total. The Balaban J connectivity index is 2.25. The Morgan fingerprint density at radius 3 is 2.09 bits per heavy atom. The van der Waals surface area contributed by atoms with Crippen LogP contribution < -0.4 is 9.04 Å². The number of fused-ring (bicyclic) bond motifs is 1. The zero-order chi connectivity index (χ0) is 25.0. The summed E-state index contributed by atoms with van der Waals surface area (Å²) in [6, 6.07) is 13.6. The first-order chi connectivity index (χ1) is 16.1. The third-order valence-electron chi connectivity index (χ3n) is 5.76. The van der Waals surface area contributed by atoms with Crippen molar-refractivity contribution < 1.29 is 22.7 Å². The van der Waals surface area contributed by atoms with Gasteiger partial charge in [-0.1, -0.05) is 44.2 Å². The minimum Gasteiger partial charge on any atom is -0.426 e. The predicted molar refractivity (Wildman–Crippen MR) is 135 cm³/mol. The minimum absolute atomic E-state index is 0.0741. The molecule has 0 unspecified atom stereocenters. The molecule has 0 aliphatic heterocycles. The Labute approximate surface area is 201 Å². The van der Waals surface area contributed by atoms with Crippen LogP contribution in [0, 0.1) is 20.8 Å². The highest BCUT2D eigenvalue weighted by molar-refractivity contribution is 7.93. The molecule has 34 heavy (non-hydrogen) atoms. The second-order valence-corrected chi connectivity index (χ2v) is 10.2. The third kappa shape index (κ3) is 4.99. The van der Waals surface area contributed by atoms with Gasteiger partial charge in [0.2, 0.25) is 5.91 Å². The van der Waals surface area contributed by atoms with Gasteiger partial charge in [-0.2, -0.15) is 0 Å². The molecule has 0 radical (unpaired) electrons. The van der Waals surface area contributed by atoms with Gasteiger partial charge in [-0.05, 0) is 68.5 Å². The molecule has 0 saturated carbocycles. The molecule has 0 heterocycles. The van der Waals surface area contributed by atoms with Crippen LogP contribution in [0.2, 0.25) is 0 Å². The first-order valence-electron chi connectivity index (χ1n) is 11.5. The molecule has 0 aromatic heterocycles. The summed E-state index contributed by atoms with van der Waals surface area (Å²) in [6.07, 6.45) is 1.51. The van der Waals surface area contributed by atoms with Crippen molar-refractivity contribution in [2.24, 2.45) is 0 Å². The van der Waals surface area contributed by atoms with Crippen molar-refractivity contribution in [3.8, 4) is 5.75 Å². The Morgan fingerprint density at radius 1 is 0.824 bits per heavy atom. The van der Waals surface area contributed by atoms with E-state index in [-0.39, 0.29) is 29.4 Å². The number of nitrogens with zero attached hydrogens (tertiary/aromatic N) is 1. The van der Waals surface area contributed by atoms with Gasteiger partial charge in [-0.3, -0.25) is 9.59 Å². The number of benzene rings is 3. The van der Waals surface area contributed by atoms with Crippen molar-refractivity contribution in [2.75, 3.05) is 4.31 Å². The smallest absolute Gasteiger partial charge is 0.311 e. The fraction of sp³-hybridized carbons (Fsp3) is 0.333. The summed E-state index contributed by atoms with van der Waals surface area (Å²) in [5, 5.41) is 1.07. The van der Waals surface area contributed by atoms with Crippen molar-refractivity contribution in [1.29, 1.82) is 0 Å². The van der Waals surface area contributed by atoms with Gasteiger partial charge in [0.05, 0.1) is 10.6 Å². The standard InChI is InChI=1S/C27H31NO5S/c1-6-10-26(29)28(34(31,32)25-17-19(4)18(3)16-20(25)5)23-14-15-24(33-27(30)11-7-2)22-13-9-8-12-21(22)23/h8-9,12-17H,6-7,10-11H2,1-5H3. The summed E-state index contributed by atoms with van der Waals surface area (Å²) in [5.74, 6) is -0.542. The summed E-state index contributed by atoms with van der Waals surface area (Å²) in [5.41, 5.74) is 2.62. The fourth-order valence-electron chi connectivity index (χ4n) is 3.92. The molecular formula is C27H31NO5S. The Kier molecular flexibility index (Phi) is 7.77. The Bertz CT molecular complexity index is 1340. The average Bonchev–Trinajstić information content (AvgIpc) is 2.78. The lowest BCUT2D eigenvalue weighted by Crippen LogP contribution is -2.37. The molecule has 0 atom stereocenters. The van der Waals surface area contributed by atoms with Crippen LogP contribution in [0.4, 0.5) is 5.69 Å². The molecule has 0 spiro atoms. The van der Waals surface area contributed by atoms with Gasteiger partial charge in [0, 0.05) is 23.6 Å². The van der Waals surface area contributed by atoms with E-state index < -0.39 is 15.9 Å². The van der Waals surface area contributed by atoms with Crippen molar-refractivity contribution in [3.05, 3.63) is 65.2 Å². The summed E-state index contributed by atoms with van der Waals surface area (Å²) in [4.78, 5) is 25.5. The SMILES string of the molecule is CCCC(=O)Oc1ccc(N(C(=O)CCC)S(=O)(=O)c2cc(C)c(C)cc2C)c2ccccc12. The Morgan fingerprint density at radius 2 is 1.44 bits per heavy atom. The average molecular weight is 482 g/mol. The number of aryl methyl sites for hydroxylation is 3. The number of ether oxygens (including phenoxy) is 1. The normalized spacial score (nSPS) is 11.4. The van der Waals surface area contributed by atoms with E-state index in [4.69, 9.17) is 4.74 Å². The number of esters is 1. The van der Waals surface area contributed by atoms with Gasteiger partial charge in [0.1, 0.15) is 5.75 Å². The number of carbonyl (C=O) groups excluding carboxylic acids is 2. The monoisotopic (exact) mass is 481 g/mol. The molecule has 0 saturated heterocycles. The van der Waals surface area contributed by atoms with Crippen LogP contribution >= 0.6 is 0 Å². The molecule has 0 aliphatic carbocycles. The largest absolute Gasteiger partial charge is 0.426 e. The molecule has 0 bridgehead atoms. The topological polar surface area (TPSA) is 80.8 Å². The van der Waals surface area contributed by atoms with E-state index in [0.717, 1.165) is 15.4 Å². The molecular weight excluding hydrogens is 450 g/mol. The van der Waals surface area contributed by atoms with Crippen LogP contribution in [0.1, 0.15) is 56.2 Å². The van der Waals surface area contributed by atoms with Crippen LogP contribution in [-0.4, -0.2) is 20.3 Å². The second kappa shape index (κ2) is 10.4. The number of carbonyl (C=O) groups is 2. The maximum atomic E-state index is 13.9. The fourth-order valence-corrected chi connectivity index (χ4v) is 5.69. The van der Waals surface area contributed by atoms with Crippen molar-refractivity contribution in [2.45, 2.75) is 65.2 Å². The summed E-state index contributed by atoms with van der Waals surface area (Å²) in [6.45, 7) is 9.22. The lowest BCUT2D eigenvalue weighted by atomic mass is 10.1. The van der Waals surface area contributed by atoms with Gasteiger partial charge in [0.25, 0.3) is 10.0 Å². The maximum absolute atomic E-state index is 13.9. The van der Waals surface area contributed by atoms with E-state index >= 15 is 0 Å². The first-order valence-corrected chi connectivity index (χ1v) is 12.9.